The van der Waals surface area contributed by atoms with Crippen LogP contribution in [0.3, 0.4) is 0 Å². The van der Waals surface area contributed by atoms with E-state index >= 15 is 0 Å². The molecule has 1 aliphatic heterocycles. The zero-order valence-corrected chi connectivity index (χ0v) is 13.9. The van der Waals surface area contributed by atoms with Crippen LogP contribution in [0.25, 0.3) is 0 Å². The highest BCUT2D eigenvalue weighted by molar-refractivity contribution is 9.10. The van der Waals surface area contributed by atoms with Crippen molar-refractivity contribution in [3.8, 4) is 5.75 Å². The third-order valence-electron chi connectivity index (χ3n) is 3.19. The number of sulfone groups is 1. The molecular weight excluding hydrogens is 360 g/mol. The lowest BCUT2D eigenvalue weighted by molar-refractivity contribution is -0.145. The van der Waals surface area contributed by atoms with Crippen LogP contribution in [0.4, 0.5) is 0 Å². The summed E-state index contributed by atoms with van der Waals surface area (Å²) in [6.45, 7) is 0.427. The lowest BCUT2D eigenvalue weighted by Crippen LogP contribution is -2.16. The summed E-state index contributed by atoms with van der Waals surface area (Å²) in [5.74, 6) is 0.499. The van der Waals surface area contributed by atoms with Gasteiger partial charge in [-0.15, -0.1) is 0 Å². The zero-order chi connectivity index (χ0) is 15.3. The molecular formula is C14H17BrO5S. The maximum atomic E-state index is 11.6. The molecule has 0 amide bonds. The van der Waals surface area contributed by atoms with Gasteiger partial charge in [0.2, 0.25) is 0 Å². The third kappa shape index (κ3) is 5.67. The van der Waals surface area contributed by atoms with Gasteiger partial charge < -0.3 is 9.47 Å². The van der Waals surface area contributed by atoms with Crippen LogP contribution in [-0.4, -0.2) is 39.1 Å². The minimum Gasteiger partial charge on any atom is -0.490 e. The first-order valence-electron chi connectivity index (χ1n) is 6.69. The Morgan fingerprint density at radius 3 is 2.81 bits per heavy atom. The quantitative estimate of drug-likeness (QED) is 0.562. The van der Waals surface area contributed by atoms with Crippen LogP contribution in [-0.2, 0) is 19.4 Å². The molecule has 1 saturated heterocycles. The van der Waals surface area contributed by atoms with Crippen molar-refractivity contribution in [2.24, 2.45) is 5.92 Å². The largest absolute Gasteiger partial charge is 0.490 e. The molecule has 2 rings (SSSR count). The lowest BCUT2D eigenvalue weighted by atomic mass is 10.1. The average molecular weight is 377 g/mol. The number of hydrogen-bond acceptors (Lipinski definition) is 5. The van der Waals surface area contributed by atoms with Crippen LogP contribution in [0.1, 0.15) is 12.8 Å². The maximum Gasteiger partial charge on any atom is 0.306 e. The molecule has 5 nitrogen and oxygen atoms in total. The average Bonchev–Trinajstić information content (AvgIpc) is 2.74. The highest BCUT2D eigenvalue weighted by Crippen LogP contribution is 2.22. The van der Waals surface area contributed by atoms with Gasteiger partial charge in [0.05, 0.1) is 11.5 Å². The molecule has 1 aromatic rings. The summed E-state index contributed by atoms with van der Waals surface area (Å²) in [6, 6.07) is 7.38. The predicted octanol–water partition coefficient (Wildman–Crippen LogP) is 2.20. The SMILES string of the molecule is O=C(CC1CCS(=O)(=O)C1)OCCOc1cccc(Br)c1. The number of hydrogen-bond donors (Lipinski definition) is 0. The van der Waals surface area contributed by atoms with E-state index in [-0.39, 0.29) is 43.0 Å². The molecule has 0 saturated carbocycles. The Morgan fingerprint density at radius 2 is 2.14 bits per heavy atom. The van der Waals surface area contributed by atoms with Crippen molar-refractivity contribution >= 4 is 31.7 Å². The monoisotopic (exact) mass is 376 g/mol. The van der Waals surface area contributed by atoms with Crippen LogP contribution >= 0.6 is 15.9 Å². The van der Waals surface area contributed by atoms with Gasteiger partial charge in [-0.1, -0.05) is 22.0 Å². The molecule has 1 atom stereocenters. The summed E-state index contributed by atoms with van der Waals surface area (Å²) in [5, 5.41) is 0. The molecule has 7 heteroatoms. The minimum absolute atomic E-state index is 0.0939. The number of halogens is 1. The second-order valence-corrected chi connectivity index (χ2v) is 8.14. The Bertz CT molecular complexity index is 599. The van der Waals surface area contributed by atoms with Crippen molar-refractivity contribution < 1.29 is 22.7 Å². The summed E-state index contributed by atoms with van der Waals surface area (Å²) in [6.07, 6.45) is 0.710. The van der Waals surface area contributed by atoms with E-state index in [0.29, 0.717) is 12.2 Å². The van der Waals surface area contributed by atoms with Crippen molar-refractivity contribution in [1.82, 2.24) is 0 Å². The van der Waals surface area contributed by atoms with Gasteiger partial charge in [0.15, 0.2) is 9.84 Å². The number of ether oxygens (including phenoxy) is 2. The Kier molecular flexibility index (Phi) is 5.64. The Labute approximate surface area is 132 Å². The van der Waals surface area contributed by atoms with E-state index in [1.807, 2.05) is 24.3 Å². The van der Waals surface area contributed by atoms with Gasteiger partial charge in [0, 0.05) is 10.9 Å². The molecule has 1 aliphatic rings. The van der Waals surface area contributed by atoms with Crippen LogP contribution < -0.4 is 4.74 Å². The molecule has 1 aromatic carbocycles. The molecule has 0 bridgehead atoms. The predicted molar refractivity (Wildman–Crippen MR) is 82.0 cm³/mol. The van der Waals surface area contributed by atoms with Gasteiger partial charge in [-0.2, -0.15) is 0 Å². The van der Waals surface area contributed by atoms with E-state index in [9.17, 15) is 13.2 Å². The number of carbonyl (C=O) groups is 1. The van der Waals surface area contributed by atoms with Crippen molar-refractivity contribution in [2.75, 3.05) is 24.7 Å². The van der Waals surface area contributed by atoms with Gasteiger partial charge in [0.1, 0.15) is 19.0 Å². The highest BCUT2D eigenvalue weighted by atomic mass is 79.9. The first kappa shape index (κ1) is 16.3. The first-order valence-corrected chi connectivity index (χ1v) is 9.30. The van der Waals surface area contributed by atoms with Gasteiger partial charge in [-0.3, -0.25) is 4.79 Å². The smallest absolute Gasteiger partial charge is 0.306 e. The van der Waals surface area contributed by atoms with Gasteiger partial charge in [-0.25, -0.2) is 8.42 Å². The Hall–Kier alpha value is -1.08. The minimum atomic E-state index is -2.94. The Morgan fingerprint density at radius 1 is 1.33 bits per heavy atom. The molecule has 0 N–H and O–H groups in total. The molecule has 1 unspecified atom stereocenters. The fourth-order valence-electron chi connectivity index (χ4n) is 2.20. The van der Waals surface area contributed by atoms with Crippen molar-refractivity contribution in [1.29, 1.82) is 0 Å². The van der Waals surface area contributed by atoms with Crippen LogP contribution in [0, 0.1) is 5.92 Å². The number of benzene rings is 1. The summed E-state index contributed by atoms with van der Waals surface area (Å²) in [4.78, 5) is 11.6. The molecule has 21 heavy (non-hydrogen) atoms. The van der Waals surface area contributed by atoms with Crippen LogP contribution in [0.5, 0.6) is 5.75 Å². The summed E-state index contributed by atoms with van der Waals surface area (Å²) in [7, 11) is -2.94. The van der Waals surface area contributed by atoms with Gasteiger partial charge in [-0.05, 0) is 30.5 Å². The maximum absolute atomic E-state index is 11.6. The lowest BCUT2D eigenvalue weighted by Gasteiger charge is -2.09. The van der Waals surface area contributed by atoms with Crippen molar-refractivity contribution in [3.05, 3.63) is 28.7 Å². The second kappa shape index (κ2) is 7.26. The number of esters is 1. The highest BCUT2D eigenvalue weighted by Gasteiger charge is 2.29. The summed E-state index contributed by atoms with van der Waals surface area (Å²) in [5.41, 5.74) is 0. The van der Waals surface area contributed by atoms with Crippen molar-refractivity contribution in [2.45, 2.75) is 12.8 Å². The van der Waals surface area contributed by atoms with Crippen LogP contribution in [0.15, 0.2) is 28.7 Å². The molecule has 116 valence electrons. The van der Waals surface area contributed by atoms with E-state index in [1.165, 1.54) is 0 Å². The second-order valence-electron chi connectivity index (χ2n) is 5.00. The molecule has 0 radical (unpaired) electrons. The van der Waals surface area contributed by atoms with E-state index in [2.05, 4.69) is 15.9 Å². The summed E-state index contributed by atoms with van der Waals surface area (Å²) >= 11 is 3.34. The van der Waals surface area contributed by atoms with E-state index in [1.54, 1.807) is 0 Å². The van der Waals surface area contributed by atoms with Crippen LogP contribution in [0.2, 0.25) is 0 Å². The molecule has 0 spiro atoms. The molecule has 0 aliphatic carbocycles. The van der Waals surface area contributed by atoms with Gasteiger partial charge in [0.25, 0.3) is 0 Å². The fraction of sp³-hybridized carbons (Fsp3) is 0.500. The first-order chi connectivity index (χ1) is 9.94. The number of rotatable bonds is 6. The van der Waals surface area contributed by atoms with Crippen molar-refractivity contribution in [3.63, 3.8) is 0 Å². The molecule has 1 heterocycles. The number of carbonyl (C=O) groups excluding carboxylic acids is 1. The molecule has 1 fully saturated rings. The molecule has 0 aromatic heterocycles. The van der Waals surface area contributed by atoms with E-state index < -0.39 is 9.84 Å². The fourth-order valence-corrected chi connectivity index (χ4v) is 4.44. The zero-order valence-electron chi connectivity index (χ0n) is 11.5. The standard InChI is InChI=1S/C14H17BrO5S/c15-12-2-1-3-13(9-12)19-5-6-20-14(16)8-11-4-7-21(17,18)10-11/h1-3,9,11H,4-8,10H2. The third-order valence-corrected chi connectivity index (χ3v) is 5.52. The Balaban J connectivity index is 1.64. The van der Waals surface area contributed by atoms with E-state index in [4.69, 9.17) is 9.47 Å². The van der Waals surface area contributed by atoms with E-state index in [0.717, 1.165) is 4.47 Å². The normalized spacial score (nSPS) is 20.1. The topological polar surface area (TPSA) is 69.7 Å². The van der Waals surface area contributed by atoms with Gasteiger partial charge >= 0.3 is 5.97 Å². The summed E-state index contributed by atoms with van der Waals surface area (Å²) < 4.78 is 34.0.